The maximum atomic E-state index is 5.44. The predicted octanol–water partition coefficient (Wildman–Crippen LogP) is 2.94. The van der Waals surface area contributed by atoms with Gasteiger partial charge in [0.25, 0.3) is 0 Å². The van der Waals surface area contributed by atoms with E-state index in [1.54, 1.807) is 28.4 Å². The minimum Gasteiger partial charge on any atom is -0.493 e. The molecule has 1 atom stereocenters. The zero-order valence-electron chi connectivity index (χ0n) is 19.7. The zero-order chi connectivity index (χ0) is 22.8. The molecule has 7 heteroatoms. The Kier molecular flexibility index (Phi) is 9.04. The molecule has 2 aromatic rings. The number of nitrogens with one attached hydrogen (secondary N) is 2. The molecule has 1 heterocycles. The molecule has 3 rings (SSSR count). The normalized spacial score (nSPS) is 16.6. The molecule has 0 radical (unpaired) electrons. The first kappa shape index (κ1) is 23.7. The van der Waals surface area contributed by atoms with Crippen LogP contribution < -0.4 is 24.8 Å². The lowest BCUT2D eigenvalue weighted by Crippen LogP contribution is -2.40. The highest BCUT2D eigenvalue weighted by Gasteiger charge is 2.22. The molecule has 0 bridgehead atoms. The number of aliphatic imine (C=N–C) groups is 1. The van der Waals surface area contributed by atoms with Crippen molar-refractivity contribution < 1.29 is 14.2 Å². The van der Waals surface area contributed by atoms with Gasteiger partial charge in [0.2, 0.25) is 5.75 Å². The summed E-state index contributed by atoms with van der Waals surface area (Å²) in [5, 5.41) is 6.86. The Balaban J connectivity index is 1.44. The van der Waals surface area contributed by atoms with Crippen LogP contribution in [0.25, 0.3) is 0 Å². The topological polar surface area (TPSA) is 67.4 Å². The van der Waals surface area contributed by atoms with E-state index >= 15 is 0 Å². The fraction of sp³-hybridized carbons (Fsp3) is 0.480. The molecule has 1 saturated heterocycles. The van der Waals surface area contributed by atoms with Crippen LogP contribution in [0.15, 0.2) is 47.5 Å². The second-order valence-electron chi connectivity index (χ2n) is 8.03. The first-order valence-corrected chi connectivity index (χ1v) is 11.2. The molecule has 32 heavy (non-hydrogen) atoms. The summed E-state index contributed by atoms with van der Waals surface area (Å²) in [6.07, 6.45) is 2.32. The van der Waals surface area contributed by atoms with Gasteiger partial charge in [-0.05, 0) is 48.6 Å². The Bertz CT molecular complexity index is 848. The average Bonchev–Trinajstić information content (AvgIpc) is 3.30. The molecule has 2 aromatic carbocycles. The maximum absolute atomic E-state index is 5.44. The Labute approximate surface area is 191 Å². The molecule has 0 aliphatic carbocycles. The van der Waals surface area contributed by atoms with Crippen LogP contribution in [0.5, 0.6) is 17.2 Å². The van der Waals surface area contributed by atoms with Crippen molar-refractivity contribution in [3.63, 3.8) is 0 Å². The molecule has 7 nitrogen and oxygen atoms in total. The smallest absolute Gasteiger partial charge is 0.203 e. The molecule has 174 valence electrons. The van der Waals surface area contributed by atoms with Crippen LogP contribution in [0.3, 0.4) is 0 Å². The fourth-order valence-electron chi connectivity index (χ4n) is 4.10. The third-order valence-electron chi connectivity index (χ3n) is 5.90. The molecule has 0 amide bonds. The standard InChI is InChI=1S/C25H36N4O3/c1-26-25(28-17-21-14-22(30-2)24(32-4)23(15-21)31-3)27-16-20-11-13-29(18-20)12-10-19-8-6-5-7-9-19/h5-9,14-15,20H,10-13,16-18H2,1-4H3,(H2,26,27,28). The predicted molar refractivity (Wildman–Crippen MR) is 129 cm³/mol. The molecule has 0 spiro atoms. The SMILES string of the molecule is CN=C(NCc1cc(OC)c(OC)c(OC)c1)NCC1CCN(CCc2ccccc2)C1. The van der Waals surface area contributed by atoms with Crippen molar-refractivity contribution >= 4 is 5.96 Å². The summed E-state index contributed by atoms with van der Waals surface area (Å²) in [4.78, 5) is 6.93. The van der Waals surface area contributed by atoms with Crippen molar-refractivity contribution in [2.45, 2.75) is 19.4 Å². The van der Waals surface area contributed by atoms with Crippen molar-refractivity contribution in [1.29, 1.82) is 0 Å². The highest BCUT2D eigenvalue weighted by atomic mass is 16.5. The summed E-state index contributed by atoms with van der Waals surface area (Å²) >= 11 is 0. The van der Waals surface area contributed by atoms with Gasteiger partial charge in [-0.1, -0.05) is 30.3 Å². The molecule has 0 saturated carbocycles. The summed E-state index contributed by atoms with van der Waals surface area (Å²) in [6.45, 7) is 4.93. The molecular weight excluding hydrogens is 404 g/mol. The Morgan fingerprint density at radius 1 is 1.00 bits per heavy atom. The van der Waals surface area contributed by atoms with Gasteiger partial charge in [0.15, 0.2) is 17.5 Å². The largest absolute Gasteiger partial charge is 0.493 e. The first-order valence-electron chi connectivity index (χ1n) is 11.2. The van der Waals surface area contributed by atoms with E-state index in [0.29, 0.717) is 29.7 Å². The zero-order valence-corrected chi connectivity index (χ0v) is 19.7. The van der Waals surface area contributed by atoms with E-state index in [0.717, 1.165) is 44.1 Å². The number of hydrogen-bond donors (Lipinski definition) is 2. The van der Waals surface area contributed by atoms with Crippen LogP contribution in [0.2, 0.25) is 0 Å². The molecular formula is C25H36N4O3. The molecule has 1 aliphatic rings. The number of nitrogens with zero attached hydrogens (tertiary/aromatic N) is 2. The average molecular weight is 441 g/mol. The van der Waals surface area contributed by atoms with E-state index in [4.69, 9.17) is 14.2 Å². The number of benzene rings is 2. The summed E-state index contributed by atoms with van der Waals surface area (Å²) < 4.78 is 16.3. The van der Waals surface area contributed by atoms with Gasteiger partial charge in [0, 0.05) is 33.2 Å². The van der Waals surface area contributed by atoms with Crippen LogP contribution in [-0.4, -0.2) is 65.4 Å². The highest BCUT2D eigenvalue weighted by Crippen LogP contribution is 2.38. The van der Waals surface area contributed by atoms with Crippen LogP contribution >= 0.6 is 0 Å². The number of rotatable bonds is 10. The van der Waals surface area contributed by atoms with Gasteiger partial charge >= 0.3 is 0 Å². The highest BCUT2D eigenvalue weighted by molar-refractivity contribution is 5.79. The van der Waals surface area contributed by atoms with Gasteiger partial charge in [-0.25, -0.2) is 0 Å². The summed E-state index contributed by atoms with van der Waals surface area (Å²) in [5.74, 6) is 3.31. The fourth-order valence-corrected chi connectivity index (χ4v) is 4.10. The third-order valence-corrected chi connectivity index (χ3v) is 5.90. The van der Waals surface area contributed by atoms with Crippen LogP contribution in [0, 0.1) is 5.92 Å². The van der Waals surface area contributed by atoms with E-state index in [1.807, 2.05) is 12.1 Å². The van der Waals surface area contributed by atoms with Gasteiger partial charge in [-0.3, -0.25) is 4.99 Å². The summed E-state index contributed by atoms with van der Waals surface area (Å²) in [5.41, 5.74) is 2.43. The lowest BCUT2D eigenvalue weighted by atomic mass is 10.1. The van der Waals surface area contributed by atoms with Crippen LogP contribution in [0.4, 0.5) is 0 Å². The molecule has 2 N–H and O–H groups in total. The summed E-state index contributed by atoms with van der Waals surface area (Å²) in [7, 11) is 6.65. The minimum atomic E-state index is 0.597. The van der Waals surface area contributed by atoms with Gasteiger partial charge in [0.05, 0.1) is 21.3 Å². The second kappa shape index (κ2) is 12.2. The van der Waals surface area contributed by atoms with E-state index < -0.39 is 0 Å². The summed E-state index contributed by atoms with van der Waals surface area (Å²) in [6, 6.07) is 14.6. The number of hydrogen-bond acceptors (Lipinski definition) is 5. The number of guanidine groups is 1. The third kappa shape index (κ3) is 6.53. The molecule has 0 aromatic heterocycles. The van der Waals surface area contributed by atoms with Crippen LogP contribution in [-0.2, 0) is 13.0 Å². The monoisotopic (exact) mass is 440 g/mol. The quantitative estimate of drug-likeness (QED) is 0.437. The van der Waals surface area contributed by atoms with Gasteiger partial charge in [-0.15, -0.1) is 0 Å². The van der Waals surface area contributed by atoms with Crippen molar-refractivity contribution in [2.75, 3.05) is 54.6 Å². The van der Waals surface area contributed by atoms with Gasteiger partial charge in [0.1, 0.15) is 0 Å². The lowest BCUT2D eigenvalue weighted by molar-refractivity contribution is 0.323. The number of methoxy groups -OCH3 is 3. The number of likely N-dealkylation sites (tertiary alicyclic amines) is 1. The van der Waals surface area contributed by atoms with Gasteiger partial charge in [-0.2, -0.15) is 0 Å². The molecule has 1 aliphatic heterocycles. The molecule has 1 fully saturated rings. The maximum Gasteiger partial charge on any atom is 0.203 e. The van der Waals surface area contributed by atoms with Crippen molar-refractivity contribution in [3.05, 3.63) is 53.6 Å². The van der Waals surface area contributed by atoms with Crippen LogP contribution in [0.1, 0.15) is 17.5 Å². The van der Waals surface area contributed by atoms with Crippen molar-refractivity contribution in [1.82, 2.24) is 15.5 Å². The van der Waals surface area contributed by atoms with Crippen molar-refractivity contribution in [3.8, 4) is 17.2 Å². The Morgan fingerprint density at radius 2 is 1.72 bits per heavy atom. The van der Waals surface area contributed by atoms with E-state index in [9.17, 15) is 0 Å². The Morgan fingerprint density at radius 3 is 2.34 bits per heavy atom. The van der Waals surface area contributed by atoms with E-state index in [1.165, 1.54) is 12.0 Å². The number of ether oxygens (including phenoxy) is 3. The second-order valence-corrected chi connectivity index (χ2v) is 8.03. The van der Waals surface area contributed by atoms with E-state index in [-0.39, 0.29) is 0 Å². The Hall–Kier alpha value is -2.93. The first-order chi connectivity index (χ1) is 15.7. The van der Waals surface area contributed by atoms with Crippen molar-refractivity contribution in [2.24, 2.45) is 10.9 Å². The van der Waals surface area contributed by atoms with Gasteiger partial charge < -0.3 is 29.7 Å². The minimum absolute atomic E-state index is 0.597. The molecule has 1 unspecified atom stereocenters. The van der Waals surface area contributed by atoms with E-state index in [2.05, 4.69) is 50.9 Å². The lowest BCUT2D eigenvalue weighted by Gasteiger charge is -2.18.